The van der Waals surface area contributed by atoms with E-state index >= 15 is 0 Å². The molecule has 1 heterocycles. The van der Waals surface area contributed by atoms with Crippen LogP contribution in [0.2, 0.25) is 5.02 Å². The van der Waals surface area contributed by atoms with E-state index in [0.717, 1.165) is 10.0 Å². The zero-order chi connectivity index (χ0) is 22.4. The van der Waals surface area contributed by atoms with Gasteiger partial charge >= 0.3 is 6.03 Å². The van der Waals surface area contributed by atoms with Crippen molar-refractivity contribution in [1.29, 1.82) is 0 Å². The first-order valence-corrected chi connectivity index (χ1v) is 11.6. The van der Waals surface area contributed by atoms with Crippen LogP contribution in [0.3, 0.4) is 0 Å². The number of urea groups is 1. The van der Waals surface area contributed by atoms with Gasteiger partial charge in [-0.25, -0.2) is 4.79 Å². The molecule has 10 heteroatoms. The van der Waals surface area contributed by atoms with Crippen molar-refractivity contribution in [1.82, 2.24) is 15.5 Å². The number of halogens is 2. The molecule has 0 bridgehead atoms. The Morgan fingerprint density at radius 3 is 2.61 bits per heavy atom. The Kier molecular flexibility index (Phi) is 8.00. The lowest BCUT2D eigenvalue weighted by Crippen LogP contribution is -2.49. The van der Waals surface area contributed by atoms with Gasteiger partial charge in [-0.05, 0) is 36.2 Å². The molecule has 1 aromatic heterocycles. The minimum Gasteiger partial charge on any atom is -0.326 e. The molecule has 3 amide bonds. The monoisotopic (exact) mass is 521 g/mol. The Labute approximate surface area is 197 Å². The highest BCUT2D eigenvalue weighted by atomic mass is 79.9. The second-order valence-electron chi connectivity index (χ2n) is 6.88. The number of carbonyl (C=O) groups excluding carboxylic acids is 2. The molecule has 0 radical (unpaired) electrons. The Morgan fingerprint density at radius 1 is 1.13 bits per heavy atom. The molecule has 31 heavy (non-hydrogen) atoms. The molecule has 3 aromatic rings. The molecule has 162 valence electrons. The number of hydrogen-bond acceptors (Lipinski definition) is 5. The third-order valence-corrected chi connectivity index (χ3v) is 6.21. The smallest absolute Gasteiger partial charge is 0.319 e. The number of amides is 3. The second-order valence-corrected chi connectivity index (χ2v) is 9.21. The lowest BCUT2D eigenvalue weighted by Gasteiger charge is -2.23. The van der Waals surface area contributed by atoms with E-state index in [9.17, 15) is 9.59 Å². The Hall–Kier alpha value is -2.49. The summed E-state index contributed by atoms with van der Waals surface area (Å²) < 4.78 is 0.928. The summed E-state index contributed by atoms with van der Waals surface area (Å²) in [4.78, 5) is 25.4. The highest BCUT2D eigenvalue weighted by Crippen LogP contribution is 2.28. The van der Waals surface area contributed by atoms with Gasteiger partial charge in [-0.15, -0.1) is 10.2 Å². The van der Waals surface area contributed by atoms with Crippen LogP contribution in [0.25, 0.3) is 10.6 Å². The fraction of sp³-hybridized carbons (Fsp3) is 0.238. The molecule has 3 N–H and O–H groups in total. The first kappa shape index (κ1) is 23.2. The zero-order valence-electron chi connectivity index (χ0n) is 16.9. The Bertz CT molecular complexity index is 1080. The minimum atomic E-state index is -0.748. The van der Waals surface area contributed by atoms with Crippen molar-refractivity contribution in [3.63, 3.8) is 0 Å². The number of hydrogen-bond donors (Lipinski definition) is 3. The van der Waals surface area contributed by atoms with Crippen molar-refractivity contribution in [2.45, 2.75) is 26.3 Å². The molecule has 0 saturated carbocycles. The van der Waals surface area contributed by atoms with Crippen molar-refractivity contribution in [3.05, 3.63) is 58.0 Å². The molecule has 0 fully saturated rings. The highest BCUT2D eigenvalue weighted by molar-refractivity contribution is 9.10. The summed E-state index contributed by atoms with van der Waals surface area (Å²) >= 11 is 10.7. The van der Waals surface area contributed by atoms with Crippen LogP contribution in [0, 0.1) is 5.92 Å². The van der Waals surface area contributed by atoms with Gasteiger partial charge in [-0.1, -0.05) is 77.3 Å². The summed E-state index contributed by atoms with van der Waals surface area (Å²) in [5.41, 5.74) is 1.43. The molecule has 0 aliphatic heterocycles. The minimum absolute atomic E-state index is 0.0948. The van der Waals surface area contributed by atoms with Crippen LogP contribution in [-0.2, 0) is 4.79 Å². The zero-order valence-corrected chi connectivity index (χ0v) is 20.0. The number of anilines is 2. The van der Waals surface area contributed by atoms with Crippen LogP contribution in [-0.4, -0.2) is 28.2 Å². The SMILES string of the molecule is CC[C@@H](C)[C@@H](NC(=O)Nc1cccc(Cl)c1)C(=O)Nc1nnc(-c2cccc(Br)c2)s1. The van der Waals surface area contributed by atoms with Crippen LogP contribution in [0.1, 0.15) is 20.3 Å². The quantitative estimate of drug-likeness (QED) is 0.366. The molecule has 0 aliphatic rings. The second kappa shape index (κ2) is 10.7. The number of rotatable bonds is 7. The Morgan fingerprint density at radius 2 is 1.90 bits per heavy atom. The van der Waals surface area contributed by atoms with E-state index in [1.165, 1.54) is 11.3 Å². The normalized spacial score (nSPS) is 12.6. The van der Waals surface area contributed by atoms with E-state index in [4.69, 9.17) is 11.6 Å². The lowest BCUT2D eigenvalue weighted by molar-refractivity contribution is -0.119. The van der Waals surface area contributed by atoms with Gasteiger partial charge in [-0.3, -0.25) is 10.1 Å². The molecular weight excluding hydrogens is 502 g/mol. The fourth-order valence-electron chi connectivity index (χ4n) is 2.77. The van der Waals surface area contributed by atoms with Crippen molar-refractivity contribution < 1.29 is 9.59 Å². The van der Waals surface area contributed by atoms with E-state index in [1.54, 1.807) is 24.3 Å². The average molecular weight is 523 g/mol. The molecule has 2 atom stereocenters. The summed E-state index contributed by atoms with van der Waals surface area (Å²) in [6.45, 7) is 3.86. The third-order valence-electron chi connectivity index (χ3n) is 4.59. The molecule has 0 spiro atoms. The van der Waals surface area contributed by atoms with Crippen LogP contribution >= 0.6 is 38.9 Å². The number of nitrogens with zero attached hydrogens (tertiary/aromatic N) is 2. The first-order valence-electron chi connectivity index (χ1n) is 9.59. The summed E-state index contributed by atoms with van der Waals surface area (Å²) in [6, 6.07) is 13.2. The maximum atomic E-state index is 12.9. The van der Waals surface area contributed by atoms with Crippen LogP contribution in [0.4, 0.5) is 15.6 Å². The molecule has 0 saturated heterocycles. The summed E-state index contributed by atoms with van der Waals surface area (Å²) in [5.74, 6) is -0.449. The predicted octanol–water partition coefficient (Wildman–Crippen LogP) is 5.80. The fourth-order valence-corrected chi connectivity index (χ4v) is 4.10. The first-order chi connectivity index (χ1) is 14.9. The van der Waals surface area contributed by atoms with E-state index in [1.807, 2.05) is 38.1 Å². The third kappa shape index (κ3) is 6.49. The van der Waals surface area contributed by atoms with Crippen molar-refractivity contribution in [3.8, 4) is 10.6 Å². The van der Waals surface area contributed by atoms with Gasteiger partial charge in [0.1, 0.15) is 11.0 Å². The maximum absolute atomic E-state index is 12.9. The van der Waals surface area contributed by atoms with Gasteiger partial charge < -0.3 is 10.6 Å². The molecular formula is C21H21BrClN5O2S. The molecule has 0 aliphatic carbocycles. The predicted molar refractivity (Wildman–Crippen MR) is 129 cm³/mol. The van der Waals surface area contributed by atoms with Crippen molar-refractivity contribution >= 4 is 61.6 Å². The van der Waals surface area contributed by atoms with E-state index in [0.29, 0.717) is 27.3 Å². The topological polar surface area (TPSA) is 96.0 Å². The van der Waals surface area contributed by atoms with E-state index in [-0.39, 0.29) is 11.8 Å². The summed E-state index contributed by atoms with van der Waals surface area (Å²) in [5, 5.41) is 18.0. The van der Waals surface area contributed by atoms with Crippen molar-refractivity contribution in [2.24, 2.45) is 5.92 Å². The largest absolute Gasteiger partial charge is 0.326 e. The van der Waals surface area contributed by atoms with Crippen LogP contribution < -0.4 is 16.0 Å². The molecule has 7 nitrogen and oxygen atoms in total. The molecule has 2 aromatic carbocycles. The van der Waals surface area contributed by atoms with Gasteiger partial charge in [0, 0.05) is 20.7 Å². The van der Waals surface area contributed by atoms with Gasteiger partial charge in [0.2, 0.25) is 11.0 Å². The van der Waals surface area contributed by atoms with Gasteiger partial charge in [-0.2, -0.15) is 0 Å². The van der Waals surface area contributed by atoms with Gasteiger partial charge in [0.05, 0.1) is 0 Å². The van der Waals surface area contributed by atoms with Gasteiger partial charge in [0.15, 0.2) is 0 Å². The Balaban J connectivity index is 1.68. The molecule has 0 unspecified atom stereocenters. The summed E-state index contributed by atoms with van der Waals surface area (Å²) in [7, 11) is 0. The number of nitrogens with one attached hydrogen (secondary N) is 3. The summed E-state index contributed by atoms with van der Waals surface area (Å²) in [6.07, 6.45) is 0.703. The standard InChI is InChI=1S/C21H21BrClN5O2S/c1-3-12(2)17(25-20(30)24-16-9-5-8-15(23)11-16)18(29)26-21-28-27-19(31-21)13-6-4-7-14(22)10-13/h4-12,17H,3H2,1-2H3,(H2,24,25,30)(H,26,28,29)/t12-,17-/m1/s1. The van der Waals surface area contributed by atoms with Crippen molar-refractivity contribution in [2.75, 3.05) is 10.6 Å². The van der Waals surface area contributed by atoms with Crippen LogP contribution in [0.5, 0.6) is 0 Å². The average Bonchev–Trinajstić information content (AvgIpc) is 3.20. The maximum Gasteiger partial charge on any atom is 0.319 e. The molecule has 3 rings (SSSR count). The van der Waals surface area contributed by atoms with Gasteiger partial charge in [0.25, 0.3) is 0 Å². The number of carbonyl (C=O) groups is 2. The van der Waals surface area contributed by atoms with E-state index < -0.39 is 12.1 Å². The highest BCUT2D eigenvalue weighted by Gasteiger charge is 2.27. The van der Waals surface area contributed by atoms with E-state index in [2.05, 4.69) is 42.1 Å². The number of aromatic nitrogens is 2. The lowest BCUT2D eigenvalue weighted by atomic mass is 9.98. The van der Waals surface area contributed by atoms with Crippen LogP contribution in [0.15, 0.2) is 53.0 Å². The number of benzene rings is 2.